The first-order chi connectivity index (χ1) is 12.1. The third-order valence-electron chi connectivity index (χ3n) is 4.78. The molecule has 0 aliphatic heterocycles. The minimum absolute atomic E-state index is 0.283. The lowest BCUT2D eigenvalue weighted by Crippen LogP contribution is -2.30. The molecule has 0 saturated heterocycles. The molecule has 0 radical (unpaired) electrons. The molecule has 0 aliphatic carbocycles. The Labute approximate surface area is 156 Å². The topological polar surface area (TPSA) is 64.3 Å². The number of sulfone groups is 1. The molecule has 0 spiro atoms. The van der Waals surface area contributed by atoms with Crippen LogP contribution in [0.15, 0.2) is 33.5 Å². The summed E-state index contributed by atoms with van der Waals surface area (Å²) in [6, 6.07) is 7.44. The summed E-state index contributed by atoms with van der Waals surface area (Å²) in [6.07, 6.45) is 5.91. The van der Waals surface area contributed by atoms with Crippen LogP contribution in [0, 0.1) is 6.92 Å². The molecular formula is C21H30O4S. The summed E-state index contributed by atoms with van der Waals surface area (Å²) in [5, 5.41) is 0.965. The van der Waals surface area contributed by atoms with E-state index in [1.165, 1.54) is 11.6 Å². The van der Waals surface area contributed by atoms with Crippen LogP contribution in [0.4, 0.5) is 0 Å². The lowest BCUT2D eigenvalue weighted by Gasteiger charge is -2.18. The van der Waals surface area contributed by atoms with Crippen molar-refractivity contribution in [2.75, 3.05) is 5.75 Å². The molecular weight excluding hydrogens is 348 g/mol. The van der Waals surface area contributed by atoms with Crippen molar-refractivity contribution < 1.29 is 12.8 Å². The Kier molecular flexibility index (Phi) is 6.67. The predicted molar refractivity (Wildman–Crippen MR) is 108 cm³/mol. The number of aryl methyl sites for hydroxylation is 2. The number of benzene rings is 1. The van der Waals surface area contributed by atoms with Crippen LogP contribution < -0.4 is 5.63 Å². The fourth-order valence-electron chi connectivity index (χ4n) is 3.04. The van der Waals surface area contributed by atoms with E-state index in [2.05, 4.69) is 12.1 Å². The van der Waals surface area contributed by atoms with E-state index in [0.29, 0.717) is 5.58 Å². The summed E-state index contributed by atoms with van der Waals surface area (Å²) in [4.78, 5) is 11.3. The van der Waals surface area contributed by atoms with E-state index in [1.807, 2.05) is 13.0 Å². The molecule has 0 N–H and O–H groups in total. The largest absolute Gasteiger partial charge is 0.422 e. The van der Waals surface area contributed by atoms with Crippen LogP contribution in [0.25, 0.3) is 11.0 Å². The van der Waals surface area contributed by atoms with Crippen LogP contribution in [0.3, 0.4) is 0 Å². The first kappa shape index (κ1) is 20.7. The standard InChI is InChI=1S/C21H30O4S/c1-16-14-17(15-18-11-12-19(22)25-20(16)18)10-8-6-5-7-9-13-26(23,24)21(2,3)4/h11-12,14-15H,5-10,13H2,1-4H3. The minimum atomic E-state index is -2.99. The molecule has 0 aliphatic rings. The zero-order valence-corrected chi connectivity index (χ0v) is 17.1. The molecule has 1 heterocycles. The van der Waals surface area contributed by atoms with E-state index in [-0.39, 0.29) is 11.4 Å². The summed E-state index contributed by atoms with van der Waals surface area (Å²) < 4.78 is 28.7. The predicted octanol–water partition coefficient (Wildman–Crippen LogP) is 4.81. The fourth-order valence-corrected chi connectivity index (χ4v) is 4.23. The van der Waals surface area contributed by atoms with Crippen molar-refractivity contribution in [3.05, 3.63) is 45.8 Å². The van der Waals surface area contributed by atoms with Crippen molar-refractivity contribution in [1.82, 2.24) is 0 Å². The highest BCUT2D eigenvalue weighted by molar-refractivity contribution is 7.92. The van der Waals surface area contributed by atoms with Gasteiger partial charge in [-0.1, -0.05) is 25.3 Å². The highest BCUT2D eigenvalue weighted by Gasteiger charge is 2.27. The third kappa shape index (κ3) is 5.44. The minimum Gasteiger partial charge on any atom is -0.422 e. The number of rotatable bonds is 8. The van der Waals surface area contributed by atoms with E-state index >= 15 is 0 Å². The number of unbranched alkanes of at least 4 members (excludes halogenated alkanes) is 4. The van der Waals surface area contributed by atoms with E-state index in [4.69, 9.17) is 4.42 Å². The van der Waals surface area contributed by atoms with Crippen LogP contribution >= 0.6 is 0 Å². The molecule has 144 valence electrons. The highest BCUT2D eigenvalue weighted by Crippen LogP contribution is 2.21. The summed E-state index contributed by atoms with van der Waals surface area (Å²) in [6.45, 7) is 7.25. The molecule has 5 heteroatoms. The maximum atomic E-state index is 12.1. The van der Waals surface area contributed by atoms with E-state index in [9.17, 15) is 13.2 Å². The molecule has 26 heavy (non-hydrogen) atoms. The Hall–Kier alpha value is -1.62. The van der Waals surface area contributed by atoms with Gasteiger partial charge >= 0.3 is 5.63 Å². The molecule has 0 fully saturated rings. The lowest BCUT2D eigenvalue weighted by molar-refractivity contribution is 0.552. The zero-order chi connectivity index (χ0) is 19.4. The molecule has 0 bridgehead atoms. The molecule has 0 unspecified atom stereocenters. The van der Waals surface area contributed by atoms with Gasteiger partial charge in [0.15, 0.2) is 9.84 Å². The second-order valence-corrected chi connectivity index (χ2v) is 10.9. The van der Waals surface area contributed by atoms with Gasteiger partial charge in [0.05, 0.1) is 10.5 Å². The normalized spacial score (nSPS) is 12.6. The van der Waals surface area contributed by atoms with Crippen molar-refractivity contribution in [2.24, 2.45) is 0 Å². The second-order valence-electron chi connectivity index (χ2n) is 8.03. The van der Waals surface area contributed by atoms with Crippen molar-refractivity contribution in [1.29, 1.82) is 0 Å². The molecule has 2 rings (SSSR count). The van der Waals surface area contributed by atoms with Gasteiger partial charge in [0.25, 0.3) is 0 Å². The Bertz CT molecular complexity index is 902. The van der Waals surface area contributed by atoms with E-state index < -0.39 is 14.6 Å². The fraction of sp³-hybridized carbons (Fsp3) is 0.571. The quantitative estimate of drug-likeness (QED) is 0.488. The van der Waals surface area contributed by atoms with Gasteiger partial charge in [-0.15, -0.1) is 0 Å². The average molecular weight is 379 g/mol. The third-order valence-corrected chi connectivity index (χ3v) is 7.47. The first-order valence-electron chi connectivity index (χ1n) is 9.36. The first-order valence-corrected chi connectivity index (χ1v) is 11.0. The summed E-state index contributed by atoms with van der Waals surface area (Å²) >= 11 is 0. The van der Waals surface area contributed by atoms with Crippen molar-refractivity contribution >= 4 is 20.8 Å². The average Bonchev–Trinajstić information content (AvgIpc) is 2.53. The number of hydrogen-bond acceptors (Lipinski definition) is 4. The van der Waals surface area contributed by atoms with Crippen LogP contribution in [0.5, 0.6) is 0 Å². The van der Waals surface area contributed by atoms with Crippen LogP contribution in [0.1, 0.15) is 64.0 Å². The smallest absolute Gasteiger partial charge is 0.336 e. The molecule has 2 aromatic rings. The summed E-state index contributed by atoms with van der Waals surface area (Å²) in [5.74, 6) is 0.283. The van der Waals surface area contributed by atoms with E-state index in [0.717, 1.165) is 49.5 Å². The van der Waals surface area contributed by atoms with E-state index in [1.54, 1.807) is 20.8 Å². The Morgan fingerprint density at radius 1 is 0.962 bits per heavy atom. The molecule has 1 aromatic carbocycles. The molecule has 4 nitrogen and oxygen atoms in total. The maximum absolute atomic E-state index is 12.1. The molecule has 0 atom stereocenters. The molecule has 0 saturated carbocycles. The van der Waals surface area contributed by atoms with Crippen molar-refractivity contribution in [3.63, 3.8) is 0 Å². The van der Waals surface area contributed by atoms with Crippen molar-refractivity contribution in [2.45, 2.75) is 71.0 Å². The van der Waals surface area contributed by atoms with Gasteiger partial charge in [0.2, 0.25) is 0 Å². The summed E-state index contributed by atoms with van der Waals surface area (Å²) in [5.41, 5.74) is 2.59. The van der Waals surface area contributed by atoms with Gasteiger partial charge in [0, 0.05) is 11.5 Å². The SMILES string of the molecule is Cc1cc(CCCCCCCS(=O)(=O)C(C)(C)C)cc2ccc(=O)oc12. The number of hydrogen-bond donors (Lipinski definition) is 0. The van der Waals surface area contributed by atoms with Gasteiger partial charge in [-0.25, -0.2) is 13.2 Å². The van der Waals surface area contributed by atoms with Gasteiger partial charge in [-0.2, -0.15) is 0 Å². The van der Waals surface area contributed by atoms with Crippen LogP contribution in [-0.2, 0) is 16.3 Å². The van der Waals surface area contributed by atoms with Gasteiger partial charge < -0.3 is 4.42 Å². The number of fused-ring (bicyclic) bond motifs is 1. The maximum Gasteiger partial charge on any atom is 0.336 e. The zero-order valence-electron chi connectivity index (χ0n) is 16.3. The van der Waals surface area contributed by atoms with Crippen LogP contribution in [-0.4, -0.2) is 18.9 Å². The molecule has 0 amide bonds. The Balaban J connectivity index is 1.76. The van der Waals surface area contributed by atoms with Gasteiger partial charge in [0.1, 0.15) is 5.58 Å². The van der Waals surface area contributed by atoms with Crippen LogP contribution in [0.2, 0.25) is 0 Å². The molecule has 1 aromatic heterocycles. The second kappa shape index (κ2) is 8.38. The monoisotopic (exact) mass is 378 g/mol. The van der Waals surface area contributed by atoms with Gasteiger partial charge in [-0.3, -0.25) is 0 Å². The Morgan fingerprint density at radius 3 is 2.31 bits per heavy atom. The Morgan fingerprint density at radius 2 is 1.62 bits per heavy atom. The summed E-state index contributed by atoms with van der Waals surface area (Å²) in [7, 11) is -2.99. The van der Waals surface area contributed by atoms with Gasteiger partial charge in [-0.05, 0) is 70.2 Å². The lowest BCUT2D eigenvalue weighted by atomic mass is 10.0. The van der Waals surface area contributed by atoms with Crippen molar-refractivity contribution in [3.8, 4) is 0 Å². The highest BCUT2D eigenvalue weighted by atomic mass is 32.2.